The van der Waals surface area contributed by atoms with E-state index in [-0.39, 0.29) is 0 Å². The molecule has 0 rings (SSSR count). The fourth-order valence-corrected chi connectivity index (χ4v) is 0.805. The van der Waals surface area contributed by atoms with E-state index in [1.54, 1.807) is 0 Å². The van der Waals surface area contributed by atoms with Crippen LogP contribution in [0.3, 0.4) is 0 Å². The van der Waals surface area contributed by atoms with Crippen molar-refractivity contribution in [3.05, 3.63) is 0 Å². The van der Waals surface area contributed by atoms with Crippen molar-refractivity contribution in [2.24, 2.45) is 0 Å². The first kappa shape index (κ1) is 1.44. The third-order valence-electron chi connectivity index (χ3n) is 0.782. The van der Waals surface area contributed by atoms with E-state index in [0.29, 0.717) is 0 Å². The molecule has 0 aliphatic heterocycles. The molecule has 4 nitrogen and oxygen atoms in total. The minimum Gasteiger partial charge on any atom is -0.270 e. The van der Waals surface area contributed by atoms with Gasteiger partial charge >= 0.3 is 0 Å². The lowest BCUT2D eigenvalue weighted by Gasteiger charge is -2.34. The predicted molar refractivity (Wildman–Crippen MR) is 48.7 cm³/mol. The number of hydrogen-bond acceptors (Lipinski definition) is 1. The van der Waals surface area contributed by atoms with Crippen LogP contribution in [-0.2, 0) is 4.57 Å². The third kappa shape index (κ3) is 2.03. The van der Waals surface area contributed by atoms with Gasteiger partial charge in [0.2, 0.25) is 0 Å². The average molecular weight is 197 g/mol. The Hall–Kier alpha value is 0.110. The second-order valence-electron chi connectivity index (χ2n) is 1.45. The van der Waals surface area contributed by atoms with Crippen molar-refractivity contribution in [3.63, 3.8) is 0 Å². The van der Waals surface area contributed by atoms with Crippen molar-refractivity contribution in [2.75, 3.05) is 41.9 Å². The Bertz CT molecular complexity index is 491. The molecule has 0 aliphatic carbocycles. The molecular formula is C6H18N3OP. The van der Waals surface area contributed by atoms with Gasteiger partial charge in [-0.1, -0.05) is 0 Å². The van der Waals surface area contributed by atoms with Crippen LogP contribution in [0.25, 0.3) is 0 Å². The largest absolute Gasteiger partial charge is 0.285 e. The highest BCUT2D eigenvalue weighted by Gasteiger charge is 2.30. The maximum absolute atomic E-state index is 13.8. The molecule has 0 spiro atoms. The van der Waals surface area contributed by atoms with Crippen molar-refractivity contribution in [1.82, 2.24) is 14.0 Å². The highest BCUT2D eigenvalue weighted by Crippen LogP contribution is 2.50. The standard InChI is InChI=1S/C6H18N3OP/c1-7(2)11(10,8(3)4)9(5)6/h1-6H3/i1D3,2D3,3D3,4D3,5D3,6D3. The fourth-order valence-electron chi connectivity index (χ4n) is 0.268. The lowest BCUT2D eigenvalue weighted by molar-refractivity contribution is 0.383. The minimum atomic E-state index is -6.65. The molecule has 0 aromatic carbocycles. The predicted octanol–water partition coefficient (Wildman–Crippen LogP) is 0.779. The van der Waals surface area contributed by atoms with Gasteiger partial charge in [-0.05, 0) is 41.9 Å². The Morgan fingerprint density at radius 1 is 0.909 bits per heavy atom. The van der Waals surface area contributed by atoms with Crippen LogP contribution in [0.1, 0.15) is 24.7 Å². The Morgan fingerprint density at radius 2 is 1.18 bits per heavy atom. The minimum absolute atomic E-state index is 1.13. The van der Waals surface area contributed by atoms with E-state index in [1.165, 1.54) is 0 Å². The molecule has 0 bridgehead atoms. The van der Waals surface area contributed by atoms with Gasteiger partial charge < -0.3 is 0 Å². The van der Waals surface area contributed by atoms with Gasteiger partial charge in [0.05, 0.1) is 0 Å². The molecule has 0 N–H and O–H groups in total. The van der Waals surface area contributed by atoms with Gasteiger partial charge in [-0.15, -0.1) is 0 Å². The summed E-state index contributed by atoms with van der Waals surface area (Å²) in [4.78, 5) is 0. The Labute approximate surface area is 94.6 Å². The summed E-state index contributed by atoms with van der Waals surface area (Å²) in [7, 11) is -6.65. The summed E-state index contributed by atoms with van der Waals surface area (Å²) < 4.78 is 143. The van der Waals surface area contributed by atoms with Crippen molar-refractivity contribution >= 4 is 7.59 Å². The molecule has 0 aromatic rings. The maximum Gasteiger partial charge on any atom is 0.285 e. The molecule has 0 aromatic heterocycles. The molecule has 5 heteroatoms. The van der Waals surface area contributed by atoms with E-state index in [9.17, 15) is 4.57 Å². The maximum atomic E-state index is 13.8. The first-order valence-electron chi connectivity index (χ1n) is 11.1. The lowest BCUT2D eigenvalue weighted by Crippen LogP contribution is -2.30. The number of hydrogen-bond donors (Lipinski definition) is 0. The Kier molecular flexibility index (Phi) is 0.480. The van der Waals surface area contributed by atoms with E-state index in [4.69, 9.17) is 24.7 Å². The molecule has 11 heavy (non-hydrogen) atoms. The number of rotatable bonds is 3. The van der Waals surface area contributed by atoms with Crippen molar-refractivity contribution in [1.29, 1.82) is 0 Å². The molecule has 0 atom stereocenters. The first-order chi connectivity index (χ1) is 12.1. The van der Waals surface area contributed by atoms with Gasteiger partial charge in [0, 0.05) is 24.7 Å². The Morgan fingerprint density at radius 3 is 1.36 bits per heavy atom. The van der Waals surface area contributed by atoms with Gasteiger partial charge in [-0.25, -0.2) is 14.0 Å². The summed E-state index contributed by atoms with van der Waals surface area (Å²) >= 11 is 0. The van der Waals surface area contributed by atoms with Crippen LogP contribution in [0.4, 0.5) is 0 Å². The summed E-state index contributed by atoms with van der Waals surface area (Å²) in [6.07, 6.45) is 0. The smallest absolute Gasteiger partial charge is 0.270 e. The van der Waals surface area contributed by atoms with E-state index in [0.717, 1.165) is 0 Å². The quantitative estimate of drug-likeness (QED) is 0.625. The first-order valence-corrected chi connectivity index (χ1v) is 3.69. The highest BCUT2D eigenvalue weighted by atomic mass is 31.2. The lowest BCUT2D eigenvalue weighted by atomic mass is 11.2. The Balaban J connectivity index is 7.76. The van der Waals surface area contributed by atoms with E-state index in [2.05, 4.69) is 0 Å². The normalized spacial score (nSPS) is 44.6. The third-order valence-corrected chi connectivity index (χ3v) is 2.34. The second-order valence-corrected chi connectivity index (χ2v) is 3.68. The molecule has 0 aliphatic rings. The highest BCUT2D eigenvalue weighted by molar-refractivity contribution is 7.56. The summed E-state index contributed by atoms with van der Waals surface area (Å²) in [6.45, 7) is -24.6. The monoisotopic (exact) mass is 197 g/mol. The zero-order valence-electron chi connectivity index (χ0n) is 23.2. The van der Waals surface area contributed by atoms with Crippen LogP contribution < -0.4 is 0 Å². The van der Waals surface area contributed by atoms with Crippen LogP contribution in [-0.4, -0.2) is 55.9 Å². The summed E-state index contributed by atoms with van der Waals surface area (Å²) in [5.74, 6) is 0. The zero-order chi connectivity index (χ0) is 24.2. The van der Waals surface area contributed by atoms with Gasteiger partial charge in [-0.2, -0.15) is 0 Å². The fraction of sp³-hybridized carbons (Fsp3) is 1.00. The van der Waals surface area contributed by atoms with Crippen molar-refractivity contribution < 1.29 is 29.2 Å². The molecule has 0 fully saturated rings. The second kappa shape index (κ2) is 3.68. The van der Waals surface area contributed by atoms with Crippen LogP contribution in [0, 0.1) is 0 Å². The zero-order valence-corrected chi connectivity index (χ0v) is 6.09. The van der Waals surface area contributed by atoms with Crippen molar-refractivity contribution in [3.8, 4) is 0 Å². The van der Waals surface area contributed by atoms with E-state index in [1.807, 2.05) is 0 Å². The molecule has 0 saturated heterocycles. The molecule has 0 unspecified atom stereocenters. The molecule has 0 radical (unpaired) electrons. The van der Waals surface area contributed by atoms with Crippen LogP contribution in [0.5, 0.6) is 0 Å². The summed E-state index contributed by atoms with van der Waals surface area (Å²) in [6, 6.07) is 0. The summed E-state index contributed by atoms with van der Waals surface area (Å²) in [5.41, 5.74) is 0. The summed E-state index contributed by atoms with van der Waals surface area (Å²) in [5, 5.41) is 0. The number of nitrogens with zero attached hydrogens (tertiary/aromatic N) is 3. The van der Waals surface area contributed by atoms with Gasteiger partial charge in [0.1, 0.15) is 0 Å². The van der Waals surface area contributed by atoms with Crippen LogP contribution in [0.15, 0.2) is 0 Å². The topological polar surface area (TPSA) is 26.8 Å². The van der Waals surface area contributed by atoms with Crippen LogP contribution in [0.2, 0.25) is 0 Å². The van der Waals surface area contributed by atoms with E-state index >= 15 is 0 Å². The SMILES string of the molecule is [2H]C([2H])([2H])N(C([2H])([2H])[2H])P(=O)(N(C([2H])([2H])[2H])C([2H])([2H])[2H])N(C([2H])([2H])[2H])C([2H])([2H])[2H]. The molecule has 0 amide bonds. The molecular weight excluding hydrogens is 161 g/mol. The van der Waals surface area contributed by atoms with Gasteiger partial charge in [-0.3, -0.25) is 4.57 Å². The average Bonchev–Trinajstić information content (AvgIpc) is 2.11. The van der Waals surface area contributed by atoms with Gasteiger partial charge in [0.25, 0.3) is 7.59 Å². The molecule has 68 valence electrons. The van der Waals surface area contributed by atoms with Crippen LogP contribution >= 0.6 is 7.59 Å². The van der Waals surface area contributed by atoms with Gasteiger partial charge in [0.15, 0.2) is 0 Å². The molecule has 0 heterocycles. The molecule has 0 saturated carbocycles. The van der Waals surface area contributed by atoms with E-state index < -0.39 is 63.5 Å². The van der Waals surface area contributed by atoms with Crippen molar-refractivity contribution in [2.45, 2.75) is 0 Å².